The molecular formula is C44H53BClFN6O11S. The van der Waals surface area contributed by atoms with Gasteiger partial charge in [0.2, 0.25) is 5.91 Å². The molecule has 17 nitrogen and oxygen atoms in total. The Balaban J connectivity index is 1.21. The molecule has 8 rings (SSSR count). The second kappa shape index (κ2) is 18.9. The van der Waals surface area contributed by atoms with Gasteiger partial charge in [-0.05, 0) is 81.4 Å². The van der Waals surface area contributed by atoms with Gasteiger partial charge in [0.15, 0.2) is 11.2 Å². The number of alkyl halides is 1. The number of ether oxygens (including phenoxy) is 3. The van der Waals surface area contributed by atoms with Gasteiger partial charge in [-0.15, -0.1) is 0 Å². The Labute approximate surface area is 385 Å². The van der Waals surface area contributed by atoms with Crippen LogP contribution >= 0.6 is 22.9 Å². The number of anilines is 1. The van der Waals surface area contributed by atoms with Crippen molar-refractivity contribution < 1.29 is 56.7 Å². The van der Waals surface area contributed by atoms with Gasteiger partial charge < -0.3 is 39.1 Å². The summed E-state index contributed by atoms with van der Waals surface area (Å²) in [5.74, 6) is -4.10. The number of nitrogens with zero attached hydrogens (tertiary/aromatic N) is 3. The van der Waals surface area contributed by atoms with Crippen molar-refractivity contribution in [2.24, 2.45) is 17.3 Å². The molecule has 2 aromatic carbocycles. The number of imide groups is 1. The van der Waals surface area contributed by atoms with Crippen LogP contribution in [0.15, 0.2) is 48.5 Å². The lowest BCUT2D eigenvalue weighted by molar-refractivity contribution is -0.199. The number of esters is 1. The van der Waals surface area contributed by atoms with E-state index in [1.165, 1.54) is 7.11 Å². The topological polar surface area (TPSA) is 204 Å². The van der Waals surface area contributed by atoms with E-state index in [0.717, 1.165) is 34.6 Å². The van der Waals surface area contributed by atoms with E-state index in [-0.39, 0.29) is 76.6 Å². The number of piperazine rings is 1. The summed E-state index contributed by atoms with van der Waals surface area (Å²) in [5.41, 5.74) is -0.390. The summed E-state index contributed by atoms with van der Waals surface area (Å²) in [6, 6.07) is 11.0. The standard InChI is InChI=1S/C44H53BClFN6O11S/c1-42(2,3)62-38(57)27-15-11-14-25(33(27)60-7)20-30(45-63-29-22-26-21-28(43(26,4)5)44(29,6)64-45)48-35(54)32(50-40(58)53-19-18-52(17-16-47)36(55)37(53)56)31-34(46)65-39(49-31)51-41(59)61-23-24-12-9-8-10-13-24/h8-15,26,28-30,32H,16-23H2,1-7H3,(H,48,54)(H,50,58)(H,49,51,59)/t26-,28-,29+,30-,32?,44-/m0/s1. The Kier molecular flexibility index (Phi) is 13.8. The number of rotatable bonds is 14. The highest BCUT2D eigenvalue weighted by Crippen LogP contribution is 2.65. The van der Waals surface area contributed by atoms with E-state index in [2.05, 4.69) is 34.8 Å². The summed E-state index contributed by atoms with van der Waals surface area (Å²) in [5, 5.41) is 7.93. The zero-order valence-electron chi connectivity index (χ0n) is 37.2. The number of hydrogen-bond donors (Lipinski definition) is 3. The summed E-state index contributed by atoms with van der Waals surface area (Å²) in [4.78, 5) is 87.2. The number of methoxy groups -OCH3 is 1. The minimum Gasteiger partial charge on any atom is -0.496 e. The van der Waals surface area contributed by atoms with Crippen LogP contribution in [0.1, 0.15) is 87.6 Å². The lowest BCUT2D eigenvalue weighted by Gasteiger charge is -2.64. The molecule has 5 fully saturated rings. The van der Waals surface area contributed by atoms with Crippen LogP contribution in [0.3, 0.4) is 0 Å². The van der Waals surface area contributed by atoms with Gasteiger partial charge in [0, 0.05) is 19.6 Å². The summed E-state index contributed by atoms with van der Waals surface area (Å²) >= 11 is 7.52. The Morgan fingerprint density at radius 2 is 1.77 bits per heavy atom. The van der Waals surface area contributed by atoms with Gasteiger partial charge in [0.25, 0.3) is 0 Å². The number of urea groups is 1. The van der Waals surface area contributed by atoms with Gasteiger partial charge in [0.1, 0.15) is 40.2 Å². The van der Waals surface area contributed by atoms with Crippen LogP contribution in [0.2, 0.25) is 4.34 Å². The van der Waals surface area contributed by atoms with Crippen molar-refractivity contribution in [1.29, 1.82) is 0 Å². The highest BCUT2D eigenvalue weighted by molar-refractivity contribution is 7.19. The Morgan fingerprint density at radius 3 is 2.45 bits per heavy atom. The maximum Gasteiger partial charge on any atom is 0.482 e. The van der Waals surface area contributed by atoms with Crippen molar-refractivity contribution in [1.82, 2.24) is 25.4 Å². The molecule has 3 aliphatic carbocycles. The average Bonchev–Trinajstić information content (AvgIpc) is 3.81. The number of amides is 6. The number of halogens is 2. The highest BCUT2D eigenvalue weighted by atomic mass is 35.5. The van der Waals surface area contributed by atoms with Crippen LogP contribution < -0.4 is 20.7 Å². The van der Waals surface area contributed by atoms with Crippen LogP contribution in [0.25, 0.3) is 0 Å². The largest absolute Gasteiger partial charge is 0.496 e. The smallest absolute Gasteiger partial charge is 0.482 e. The van der Waals surface area contributed by atoms with Crippen LogP contribution in [-0.4, -0.2) is 114 Å². The molecule has 3 heterocycles. The molecule has 2 aliphatic heterocycles. The summed E-state index contributed by atoms with van der Waals surface area (Å²) in [6.07, 6.45) is 0.481. The van der Waals surface area contributed by atoms with Gasteiger partial charge in [-0.1, -0.05) is 79.2 Å². The molecule has 0 spiro atoms. The van der Waals surface area contributed by atoms with Crippen LogP contribution in [-0.2, 0) is 46.2 Å². The lowest BCUT2D eigenvalue weighted by Crippen LogP contribution is -2.65. The number of hydrogen-bond acceptors (Lipinski definition) is 13. The fourth-order valence-corrected chi connectivity index (χ4v) is 10.4. The summed E-state index contributed by atoms with van der Waals surface area (Å²) < 4.78 is 43.4. The van der Waals surface area contributed by atoms with Gasteiger partial charge >= 0.3 is 37.0 Å². The molecule has 1 aromatic heterocycles. The van der Waals surface area contributed by atoms with Crippen molar-refractivity contribution in [2.75, 3.05) is 38.7 Å². The molecule has 2 bridgehead atoms. The molecule has 65 heavy (non-hydrogen) atoms. The molecule has 6 atom stereocenters. The Hall–Kier alpha value is -5.31. The fourth-order valence-electron chi connectivity index (χ4n) is 9.30. The molecular weight excluding hydrogens is 886 g/mol. The first-order chi connectivity index (χ1) is 30.7. The number of carbonyl (C=O) groups excluding carboxylic acids is 6. The third-order valence-corrected chi connectivity index (χ3v) is 13.9. The normalized spacial score (nSPS) is 23.2. The van der Waals surface area contributed by atoms with Crippen molar-refractivity contribution in [3.05, 3.63) is 75.3 Å². The minimum atomic E-state index is -1.75. The fraction of sp³-hybridized carbons (Fsp3) is 0.523. The molecule has 1 unspecified atom stereocenters. The number of thiazole rings is 1. The first kappa shape index (κ1) is 47.7. The quantitative estimate of drug-likeness (QED) is 0.0984. The van der Waals surface area contributed by atoms with Gasteiger partial charge in [-0.2, -0.15) is 0 Å². The van der Waals surface area contributed by atoms with E-state index in [0.29, 0.717) is 16.4 Å². The van der Waals surface area contributed by atoms with Crippen molar-refractivity contribution in [3.8, 4) is 5.75 Å². The Bertz CT molecular complexity index is 2330. The van der Waals surface area contributed by atoms with Gasteiger partial charge in [-0.25, -0.2) is 23.8 Å². The van der Waals surface area contributed by atoms with E-state index < -0.39 is 72.8 Å². The maximum atomic E-state index is 14.9. The van der Waals surface area contributed by atoms with E-state index in [9.17, 15) is 33.2 Å². The monoisotopic (exact) mass is 938 g/mol. The second-order valence-corrected chi connectivity index (χ2v) is 19.9. The van der Waals surface area contributed by atoms with Crippen molar-refractivity contribution >= 4 is 71.0 Å². The molecule has 3 N–H and O–H groups in total. The predicted molar refractivity (Wildman–Crippen MR) is 237 cm³/mol. The molecule has 348 valence electrons. The number of aromatic nitrogens is 1. The predicted octanol–water partition coefficient (Wildman–Crippen LogP) is 5.90. The summed E-state index contributed by atoms with van der Waals surface area (Å²) in [6.45, 7) is 9.96. The van der Waals surface area contributed by atoms with Crippen LogP contribution in [0.5, 0.6) is 5.75 Å². The number of carbonyl (C=O) groups is 6. The Morgan fingerprint density at radius 1 is 1.03 bits per heavy atom. The van der Waals surface area contributed by atoms with E-state index in [1.54, 1.807) is 63.2 Å². The molecule has 3 saturated carbocycles. The molecule has 21 heteroatoms. The van der Waals surface area contributed by atoms with Gasteiger partial charge in [-0.3, -0.25) is 24.6 Å². The highest BCUT2D eigenvalue weighted by Gasteiger charge is 2.68. The third kappa shape index (κ3) is 9.95. The number of nitrogens with one attached hydrogen (secondary N) is 3. The molecule has 6 amide bonds. The van der Waals surface area contributed by atoms with E-state index >= 15 is 0 Å². The molecule has 2 saturated heterocycles. The van der Waals surface area contributed by atoms with Gasteiger partial charge in [0.05, 0.1) is 24.8 Å². The van der Waals surface area contributed by atoms with Crippen molar-refractivity contribution in [2.45, 2.75) is 96.7 Å². The third-order valence-electron chi connectivity index (χ3n) is 12.7. The molecule has 3 aromatic rings. The zero-order valence-corrected chi connectivity index (χ0v) is 38.8. The van der Waals surface area contributed by atoms with Crippen LogP contribution in [0.4, 0.5) is 19.1 Å². The number of para-hydroxylation sites is 1. The molecule has 5 aliphatic rings. The second-order valence-electron chi connectivity index (χ2n) is 18.3. The van der Waals surface area contributed by atoms with E-state index in [4.69, 9.17) is 35.1 Å². The minimum absolute atomic E-state index is 0.0140. The SMILES string of the molecule is COc1c(C[C@H](NC(=O)C(NC(=O)N2CCN(CCF)C(=O)C2=O)c2nc(NC(=O)OCc3ccccc3)sc2Cl)B2O[C@@H]3C[C@@H]4C[C@@H](C4(C)C)[C@]3(C)O2)cccc1C(=O)OC(C)(C)C. The van der Waals surface area contributed by atoms with E-state index in [1.807, 2.05) is 13.0 Å². The van der Waals surface area contributed by atoms with Crippen LogP contribution in [0, 0.1) is 17.3 Å². The first-order valence-electron chi connectivity index (χ1n) is 21.4. The lowest BCUT2D eigenvalue weighted by atomic mass is 9.43. The first-order valence-corrected chi connectivity index (χ1v) is 22.6. The van der Waals surface area contributed by atoms with Crippen molar-refractivity contribution in [3.63, 3.8) is 0 Å². The molecule has 0 radical (unpaired) electrons. The zero-order chi connectivity index (χ0) is 47.0. The maximum absolute atomic E-state index is 14.9. The number of benzene rings is 2. The average molecular weight is 939 g/mol. The summed E-state index contributed by atoms with van der Waals surface area (Å²) in [7, 11) is 0.358.